The summed E-state index contributed by atoms with van der Waals surface area (Å²) in [6.45, 7) is 0.538. The maximum atomic E-state index is 13.7. The lowest BCUT2D eigenvalue weighted by molar-refractivity contribution is -0.120. The monoisotopic (exact) mass is 389 g/mol. The van der Waals surface area contributed by atoms with Crippen LogP contribution in [0.3, 0.4) is 0 Å². The van der Waals surface area contributed by atoms with Crippen molar-refractivity contribution in [2.24, 2.45) is 0 Å². The lowest BCUT2D eigenvalue weighted by atomic mass is 9.88. The van der Waals surface area contributed by atoms with E-state index in [0.717, 1.165) is 5.69 Å². The minimum absolute atomic E-state index is 0.0947. The number of benzene rings is 2. The third kappa shape index (κ3) is 3.74. The molecular weight excluding hydrogens is 369 g/mol. The number of halogens is 1. The fourth-order valence-corrected chi connectivity index (χ4v) is 3.63. The largest absolute Gasteiger partial charge is 0.341 e. The third-order valence-corrected chi connectivity index (χ3v) is 5.12. The molecule has 1 aromatic heterocycles. The van der Waals surface area contributed by atoms with Crippen molar-refractivity contribution >= 4 is 17.5 Å². The number of likely N-dealkylation sites (N-methyl/N-ethyl adjacent to an activating group) is 1. The SMILES string of the molecule is CN1CC(C(=O)N(Cc2ccccn2)c2ccc(F)cc2)c2ccccc2C1=O. The van der Waals surface area contributed by atoms with Crippen molar-refractivity contribution in [3.8, 4) is 0 Å². The molecule has 0 saturated heterocycles. The number of hydrogen-bond donors (Lipinski definition) is 0. The van der Waals surface area contributed by atoms with Crippen LogP contribution in [0.15, 0.2) is 72.9 Å². The van der Waals surface area contributed by atoms with Gasteiger partial charge in [-0.15, -0.1) is 0 Å². The van der Waals surface area contributed by atoms with E-state index in [2.05, 4.69) is 4.98 Å². The summed E-state index contributed by atoms with van der Waals surface area (Å²) in [6, 6.07) is 18.5. The van der Waals surface area contributed by atoms with Crippen LogP contribution in [0.1, 0.15) is 27.5 Å². The van der Waals surface area contributed by atoms with Crippen LogP contribution in [0.5, 0.6) is 0 Å². The molecule has 1 aliphatic rings. The van der Waals surface area contributed by atoms with Crippen LogP contribution in [-0.2, 0) is 11.3 Å². The summed E-state index contributed by atoms with van der Waals surface area (Å²) in [7, 11) is 1.69. The molecule has 1 unspecified atom stereocenters. The Morgan fingerprint density at radius 2 is 1.83 bits per heavy atom. The van der Waals surface area contributed by atoms with Crippen LogP contribution in [0.25, 0.3) is 0 Å². The molecule has 0 saturated carbocycles. The van der Waals surface area contributed by atoms with Gasteiger partial charge in [0, 0.05) is 31.0 Å². The Bertz CT molecular complexity index is 1040. The number of aromatic nitrogens is 1. The number of nitrogens with zero attached hydrogens (tertiary/aromatic N) is 3. The van der Waals surface area contributed by atoms with Gasteiger partial charge in [-0.05, 0) is 48.0 Å². The van der Waals surface area contributed by atoms with Gasteiger partial charge in [0.1, 0.15) is 5.82 Å². The Balaban J connectivity index is 1.74. The van der Waals surface area contributed by atoms with Crippen molar-refractivity contribution < 1.29 is 14.0 Å². The molecule has 0 radical (unpaired) electrons. The number of pyridine rings is 1. The van der Waals surface area contributed by atoms with E-state index in [-0.39, 0.29) is 30.7 Å². The number of anilines is 1. The first kappa shape index (κ1) is 18.8. The number of amides is 2. The summed E-state index contributed by atoms with van der Waals surface area (Å²) in [5, 5.41) is 0. The van der Waals surface area contributed by atoms with Crippen LogP contribution >= 0.6 is 0 Å². The van der Waals surface area contributed by atoms with Crippen molar-refractivity contribution in [1.82, 2.24) is 9.88 Å². The molecule has 146 valence electrons. The average molecular weight is 389 g/mol. The lowest BCUT2D eigenvalue weighted by Gasteiger charge is -2.34. The highest BCUT2D eigenvalue weighted by atomic mass is 19.1. The Kier molecular flexibility index (Phi) is 5.08. The summed E-state index contributed by atoms with van der Waals surface area (Å²) in [6.07, 6.45) is 1.67. The van der Waals surface area contributed by atoms with Gasteiger partial charge in [-0.2, -0.15) is 0 Å². The van der Waals surface area contributed by atoms with E-state index < -0.39 is 5.92 Å². The fraction of sp³-hybridized carbons (Fsp3) is 0.174. The summed E-state index contributed by atoms with van der Waals surface area (Å²) in [5.41, 5.74) is 2.56. The zero-order chi connectivity index (χ0) is 20.4. The molecule has 0 N–H and O–H groups in total. The number of carbonyl (C=O) groups excluding carboxylic acids is 2. The zero-order valence-electron chi connectivity index (χ0n) is 16.0. The number of rotatable bonds is 4. The predicted molar refractivity (Wildman–Crippen MR) is 108 cm³/mol. The predicted octanol–water partition coefficient (Wildman–Crippen LogP) is 3.62. The summed E-state index contributed by atoms with van der Waals surface area (Å²) < 4.78 is 13.5. The van der Waals surface area contributed by atoms with Gasteiger partial charge >= 0.3 is 0 Å². The maximum absolute atomic E-state index is 13.7. The molecular formula is C23H20FN3O2. The van der Waals surface area contributed by atoms with Crippen LogP contribution in [0.4, 0.5) is 10.1 Å². The van der Waals surface area contributed by atoms with E-state index in [1.165, 1.54) is 12.1 Å². The van der Waals surface area contributed by atoms with Crippen molar-refractivity contribution in [2.45, 2.75) is 12.5 Å². The molecule has 0 spiro atoms. The lowest BCUT2D eigenvalue weighted by Crippen LogP contribution is -2.44. The highest BCUT2D eigenvalue weighted by Crippen LogP contribution is 2.31. The number of fused-ring (bicyclic) bond motifs is 1. The van der Waals surface area contributed by atoms with Gasteiger partial charge in [-0.25, -0.2) is 4.39 Å². The summed E-state index contributed by atoms with van der Waals surface area (Å²) >= 11 is 0. The van der Waals surface area contributed by atoms with E-state index >= 15 is 0 Å². The molecule has 1 aliphatic heterocycles. The minimum atomic E-state index is -0.511. The topological polar surface area (TPSA) is 53.5 Å². The van der Waals surface area contributed by atoms with E-state index in [0.29, 0.717) is 16.8 Å². The van der Waals surface area contributed by atoms with E-state index in [4.69, 9.17) is 0 Å². The first-order valence-electron chi connectivity index (χ1n) is 9.36. The highest BCUT2D eigenvalue weighted by molar-refractivity contribution is 6.04. The van der Waals surface area contributed by atoms with Gasteiger partial charge in [-0.1, -0.05) is 24.3 Å². The zero-order valence-corrected chi connectivity index (χ0v) is 16.0. The molecule has 5 nitrogen and oxygen atoms in total. The molecule has 6 heteroatoms. The summed E-state index contributed by atoms with van der Waals surface area (Å²) in [4.78, 5) is 33.7. The van der Waals surface area contributed by atoms with Gasteiger partial charge in [0.15, 0.2) is 0 Å². The van der Waals surface area contributed by atoms with Crippen molar-refractivity contribution in [3.63, 3.8) is 0 Å². The minimum Gasteiger partial charge on any atom is -0.341 e. The average Bonchev–Trinajstić information content (AvgIpc) is 2.76. The standard InChI is InChI=1S/C23H20FN3O2/c1-26-15-21(19-7-2-3-8-20(19)22(26)28)23(29)27(14-17-6-4-5-13-25-17)18-11-9-16(24)10-12-18/h2-13,21H,14-15H2,1H3. The second-order valence-corrected chi connectivity index (χ2v) is 7.05. The molecule has 1 atom stereocenters. The Morgan fingerprint density at radius 3 is 2.55 bits per heavy atom. The van der Waals surface area contributed by atoms with Crippen molar-refractivity contribution in [2.75, 3.05) is 18.5 Å². The van der Waals surface area contributed by atoms with Crippen LogP contribution < -0.4 is 4.90 Å². The second kappa shape index (κ2) is 7.83. The summed E-state index contributed by atoms with van der Waals surface area (Å²) in [5.74, 6) is -1.13. The van der Waals surface area contributed by atoms with E-state index in [9.17, 15) is 14.0 Å². The fourth-order valence-electron chi connectivity index (χ4n) is 3.63. The molecule has 0 fully saturated rings. The molecule has 3 aromatic rings. The van der Waals surface area contributed by atoms with Gasteiger partial charge in [0.05, 0.1) is 18.2 Å². The Labute approximate surface area is 168 Å². The molecule has 0 bridgehead atoms. The first-order chi connectivity index (χ1) is 14.0. The normalized spacial score (nSPS) is 15.7. The quantitative estimate of drug-likeness (QED) is 0.685. The second-order valence-electron chi connectivity index (χ2n) is 7.05. The third-order valence-electron chi connectivity index (χ3n) is 5.12. The van der Waals surface area contributed by atoms with E-state index in [1.54, 1.807) is 47.3 Å². The molecule has 0 aliphatic carbocycles. The van der Waals surface area contributed by atoms with Crippen LogP contribution in [0, 0.1) is 5.82 Å². The van der Waals surface area contributed by atoms with Crippen LogP contribution in [0.2, 0.25) is 0 Å². The van der Waals surface area contributed by atoms with Crippen molar-refractivity contribution in [1.29, 1.82) is 0 Å². The molecule has 29 heavy (non-hydrogen) atoms. The van der Waals surface area contributed by atoms with Crippen molar-refractivity contribution in [3.05, 3.63) is 95.6 Å². The van der Waals surface area contributed by atoms with E-state index in [1.807, 2.05) is 30.3 Å². The van der Waals surface area contributed by atoms with Gasteiger partial charge in [0.2, 0.25) is 5.91 Å². The van der Waals surface area contributed by atoms with Gasteiger partial charge in [0.25, 0.3) is 5.91 Å². The number of carbonyl (C=O) groups is 2. The smallest absolute Gasteiger partial charge is 0.253 e. The molecule has 2 amide bonds. The maximum Gasteiger partial charge on any atom is 0.253 e. The van der Waals surface area contributed by atoms with Gasteiger partial charge in [-0.3, -0.25) is 14.6 Å². The Morgan fingerprint density at radius 1 is 1.10 bits per heavy atom. The van der Waals surface area contributed by atoms with Gasteiger partial charge < -0.3 is 9.80 Å². The molecule has 4 rings (SSSR count). The number of hydrogen-bond acceptors (Lipinski definition) is 3. The van der Waals surface area contributed by atoms with Crippen LogP contribution in [-0.4, -0.2) is 35.3 Å². The Hall–Kier alpha value is -3.54. The molecule has 2 aromatic carbocycles. The molecule has 2 heterocycles. The first-order valence-corrected chi connectivity index (χ1v) is 9.36. The highest BCUT2D eigenvalue weighted by Gasteiger charge is 2.36.